The van der Waals surface area contributed by atoms with E-state index < -0.39 is 5.41 Å². The van der Waals surface area contributed by atoms with Crippen molar-refractivity contribution in [3.63, 3.8) is 0 Å². The first-order chi connectivity index (χ1) is 31.2. The number of fused-ring (bicyclic) bond motifs is 5. The van der Waals surface area contributed by atoms with Gasteiger partial charge in [0.1, 0.15) is 0 Å². The van der Waals surface area contributed by atoms with Crippen LogP contribution >= 0.6 is 0 Å². The second-order valence-electron chi connectivity index (χ2n) is 16.3. The lowest BCUT2D eigenvalue weighted by molar-refractivity contribution is 0.768. The summed E-state index contributed by atoms with van der Waals surface area (Å²) >= 11 is 0. The molecule has 1 heterocycles. The van der Waals surface area contributed by atoms with E-state index in [0.29, 0.717) is 17.5 Å². The number of benzene rings is 10. The SMILES string of the molecule is c1ccc(-c2cc(-c3nc(-c4ccccc4)nc(-c4ccc5cc(-c6cccc7c6-c6ccccc6C7(c6ccccc6)c6ccccc6)ccc5c4)n3)c3ccccc3c2)cc1. The maximum absolute atomic E-state index is 5.26. The number of rotatable bonds is 7. The van der Waals surface area contributed by atoms with Gasteiger partial charge in [0.25, 0.3) is 0 Å². The summed E-state index contributed by atoms with van der Waals surface area (Å²) in [6, 6.07) is 84.9. The van der Waals surface area contributed by atoms with Crippen LogP contribution in [0.4, 0.5) is 0 Å². The third-order valence-electron chi connectivity index (χ3n) is 12.8. The highest BCUT2D eigenvalue weighted by atomic mass is 15.0. The maximum Gasteiger partial charge on any atom is 0.164 e. The molecule has 0 saturated heterocycles. The molecule has 3 nitrogen and oxygen atoms in total. The molecule has 1 aliphatic rings. The summed E-state index contributed by atoms with van der Waals surface area (Å²) < 4.78 is 0. The van der Waals surface area contributed by atoms with Crippen molar-refractivity contribution >= 4 is 21.5 Å². The van der Waals surface area contributed by atoms with E-state index >= 15 is 0 Å². The van der Waals surface area contributed by atoms with E-state index in [4.69, 9.17) is 15.0 Å². The molecule has 63 heavy (non-hydrogen) atoms. The average Bonchev–Trinajstić information content (AvgIpc) is 3.68. The zero-order valence-electron chi connectivity index (χ0n) is 34.4. The number of hydrogen-bond acceptors (Lipinski definition) is 3. The van der Waals surface area contributed by atoms with Gasteiger partial charge in [0.15, 0.2) is 17.5 Å². The van der Waals surface area contributed by atoms with E-state index in [9.17, 15) is 0 Å². The molecule has 0 atom stereocenters. The maximum atomic E-state index is 5.26. The molecule has 11 aromatic rings. The number of hydrogen-bond donors (Lipinski definition) is 0. The largest absolute Gasteiger partial charge is 0.208 e. The van der Waals surface area contributed by atoms with Crippen LogP contribution in [-0.4, -0.2) is 15.0 Å². The summed E-state index contributed by atoms with van der Waals surface area (Å²) in [6.45, 7) is 0. The number of aromatic nitrogens is 3. The Hall–Kier alpha value is -8.27. The Morgan fingerprint density at radius 3 is 1.49 bits per heavy atom. The van der Waals surface area contributed by atoms with Crippen molar-refractivity contribution in [2.45, 2.75) is 5.41 Å². The van der Waals surface area contributed by atoms with E-state index in [1.54, 1.807) is 0 Å². The highest BCUT2D eigenvalue weighted by Gasteiger charge is 2.46. The Kier molecular flexibility index (Phi) is 8.72. The standard InChI is InChI=1S/C60H39N3/c1-5-18-40(19-6-1)47-38-44-22-13-14-27-50(44)53(39-47)59-62-57(41-20-7-2-8-21-41)61-58(63-59)46-35-33-42-36-45(34-32-43(42)37-46)51-29-17-31-55-56(51)52-28-15-16-30-54(52)60(55,48-23-9-3-10-24-48)49-25-11-4-12-26-49/h1-39H. The summed E-state index contributed by atoms with van der Waals surface area (Å²) in [6.07, 6.45) is 0. The third kappa shape index (κ3) is 6.08. The van der Waals surface area contributed by atoms with Crippen LogP contribution in [0.2, 0.25) is 0 Å². The molecule has 0 aliphatic heterocycles. The molecule has 10 aromatic carbocycles. The van der Waals surface area contributed by atoms with Crippen LogP contribution in [-0.2, 0) is 5.41 Å². The van der Waals surface area contributed by atoms with Gasteiger partial charge in [0.05, 0.1) is 5.41 Å². The average molecular weight is 802 g/mol. The minimum absolute atomic E-state index is 0.451. The fourth-order valence-corrected chi connectivity index (χ4v) is 9.92. The van der Waals surface area contributed by atoms with Crippen LogP contribution in [0.25, 0.3) is 89.1 Å². The molecule has 1 aliphatic carbocycles. The summed E-state index contributed by atoms with van der Waals surface area (Å²) in [5.74, 6) is 1.92. The molecule has 1 aromatic heterocycles. The van der Waals surface area contributed by atoms with Gasteiger partial charge in [0, 0.05) is 16.7 Å². The molecule has 0 unspecified atom stereocenters. The Labute approximate surface area is 366 Å². The van der Waals surface area contributed by atoms with Crippen molar-refractivity contribution in [2.24, 2.45) is 0 Å². The van der Waals surface area contributed by atoms with Crippen LogP contribution < -0.4 is 0 Å². The van der Waals surface area contributed by atoms with Gasteiger partial charge in [-0.25, -0.2) is 15.0 Å². The van der Waals surface area contributed by atoms with Gasteiger partial charge in [-0.1, -0.05) is 212 Å². The van der Waals surface area contributed by atoms with Gasteiger partial charge >= 0.3 is 0 Å². The second kappa shape index (κ2) is 15.0. The monoisotopic (exact) mass is 801 g/mol. The highest BCUT2D eigenvalue weighted by molar-refractivity contribution is 6.00. The predicted molar refractivity (Wildman–Crippen MR) is 259 cm³/mol. The van der Waals surface area contributed by atoms with Crippen LogP contribution in [0.3, 0.4) is 0 Å². The molecule has 0 spiro atoms. The highest BCUT2D eigenvalue weighted by Crippen LogP contribution is 2.58. The van der Waals surface area contributed by atoms with Crippen molar-refractivity contribution in [3.8, 4) is 67.5 Å². The summed E-state index contributed by atoms with van der Waals surface area (Å²) in [4.78, 5) is 15.6. The Bertz CT molecular complexity index is 3450. The first-order valence-electron chi connectivity index (χ1n) is 21.5. The third-order valence-corrected chi connectivity index (χ3v) is 12.8. The van der Waals surface area contributed by atoms with Gasteiger partial charge in [-0.3, -0.25) is 0 Å². The first kappa shape index (κ1) is 36.6. The van der Waals surface area contributed by atoms with Crippen molar-refractivity contribution < 1.29 is 0 Å². The van der Waals surface area contributed by atoms with Gasteiger partial charge < -0.3 is 0 Å². The van der Waals surface area contributed by atoms with Gasteiger partial charge in [-0.15, -0.1) is 0 Å². The van der Waals surface area contributed by atoms with Crippen molar-refractivity contribution in [1.82, 2.24) is 15.0 Å². The van der Waals surface area contributed by atoms with Crippen LogP contribution in [0, 0.1) is 0 Å². The van der Waals surface area contributed by atoms with Crippen LogP contribution in [0.5, 0.6) is 0 Å². The Balaban J connectivity index is 0.999. The fourth-order valence-electron chi connectivity index (χ4n) is 9.92. The second-order valence-corrected chi connectivity index (χ2v) is 16.3. The molecule has 0 N–H and O–H groups in total. The van der Waals surface area contributed by atoms with E-state index in [2.05, 4.69) is 218 Å². The fraction of sp³-hybridized carbons (Fsp3) is 0.0167. The molecule has 0 bridgehead atoms. The Morgan fingerprint density at radius 1 is 0.270 bits per heavy atom. The molecule has 0 saturated carbocycles. The lowest BCUT2D eigenvalue weighted by Gasteiger charge is -2.34. The zero-order valence-corrected chi connectivity index (χ0v) is 34.4. The molecular weight excluding hydrogens is 763 g/mol. The summed E-state index contributed by atoms with van der Waals surface area (Å²) in [7, 11) is 0. The van der Waals surface area contributed by atoms with Crippen molar-refractivity contribution in [3.05, 3.63) is 259 Å². The van der Waals surface area contributed by atoms with E-state index in [-0.39, 0.29) is 0 Å². The summed E-state index contributed by atoms with van der Waals surface area (Å²) in [5.41, 5.74) is 14.8. The normalized spacial score (nSPS) is 12.6. The molecule has 3 heteroatoms. The number of nitrogens with zero attached hydrogens (tertiary/aromatic N) is 3. The molecular formula is C60H39N3. The van der Waals surface area contributed by atoms with Crippen LogP contribution in [0.15, 0.2) is 237 Å². The Morgan fingerprint density at radius 2 is 0.778 bits per heavy atom. The topological polar surface area (TPSA) is 38.7 Å². The van der Waals surface area contributed by atoms with Crippen molar-refractivity contribution in [1.29, 1.82) is 0 Å². The van der Waals surface area contributed by atoms with Crippen molar-refractivity contribution in [2.75, 3.05) is 0 Å². The lowest BCUT2D eigenvalue weighted by atomic mass is 9.67. The molecule has 12 rings (SSSR count). The van der Waals surface area contributed by atoms with Crippen LogP contribution in [0.1, 0.15) is 22.3 Å². The van der Waals surface area contributed by atoms with Gasteiger partial charge in [-0.05, 0) is 101 Å². The van der Waals surface area contributed by atoms with E-state index in [0.717, 1.165) is 49.4 Å². The van der Waals surface area contributed by atoms with Gasteiger partial charge in [-0.2, -0.15) is 0 Å². The van der Waals surface area contributed by atoms with E-state index in [1.807, 2.05) is 18.2 Å². The molecule has 294 valence electrons. The lowest BCUT2D eigenvalue weighted by Crippen LogP contribution is -2.28. The zero-order chi connectivity index (χ0) is 41.7. The van der Waals surface area contributed by atoms with E-state index in [1.165, 1.54) is 44.5 Å². The predicted octanol–water partition coefficient (Wildman–Crippen LogP) is 14.9. The molecule has 0 fully saturated rings. The first-order valence-corrected chi connectivity index (χ1v) is 21.5. The molecule has 0 amide bonds. The van der Waals surface area contributed by atoms with Gasteiger partial charge in [0.2, 0.25) is 0 Å². The quantitative estimate of drug-likeness (QED) is 0.161. The molecule has 0 radical (unpaired) electrons. The smallest absolute Gasteiger partial charge is 0.164 e. The summed E-state index contributed by atoms with van der Waals surface area (Å²) in [5, 5.41) is 4.50. The minimum atomic E-state index is -0.451. The minimum Gasteiger partial charge on any atom is -0.208 e.